The number of hydrogen-bond acceptors (Lipinski definition) is 2. The maximum atomic E-state index is 11.2. The zero-order valence-corrected chi connectivity index (χ0v) is 7.72. The zero-order valence-electron chi connectivity index (χ0n) is 7.72. The second-order valence-corrected chi connectivity index (χ2v) is 3.32. The van der Waals surface area contributed by atoms with Crippen LogP contribution in [0.3, 0.4) is 0 Å². The van der Waals surface area contributed by atoms with Gasteiger partial charge in [-0.05, 0) is 18.9 Å². The lowest BCUT2D eigenvalue weighted by Crippen LogP contribution is -2.15. The van der Waals surface area contributed by atoms with E-state index in [4.69, 9.17) is 5.73 Å². The molecule has 0 saturated heterocycles. The summed E-state index contributed by atoms with van der Waals surface area (Å²) in [5, 5.41) is 0. The minimum Gasteiger partial charge on any atom is -0.402 e. The van der Waals surface area contributed by atoms with Gasteiger partial charge in [0.05, 0.1) is 0 Å². The standard InChI is InChI=1S/C9H17NO/c1-6(2)8(4)9(11)5-7(3)10/h5-6,8H,10H2,1-4H3. The van der Waals surface area contributed by atoms with Crippen LogP contribution in [0.4, 0.5) is 0 Å². The molecular weight excluding hydrogens is 138 g/mol. The van der Waals surface area contributed by atoms with Crippen LogP contribution in [0.2, 0.25) is 0 Å². The molecule has 0 fully saturated rings. The van der Waals surface area contributed by atoms with Crippen molar-refractivity contribution in [1.82, 2.24) is 0 Å². The number of carbonyl (C=O) groups is 1. The first kappa shape index (κ1) is 10.2. The van der Waals surface area contributed by atoms with E-state index >= 15 is 0 Å². The monoisotopic (exact) mass is 155 g/mol. The lowest BCUT2D eigenvalue weighted by atomic mass is 9.93. The van der Waals surface area contributed by atoms with Crippen molar-refractivity contribution in [3.63, 3.8) is 0 Å². The summed E-state index contributed by atoms with van der Waals surface area (Å²) in [6.07, 6.45) is 1.50. The highest BCUT2D eigenvalue weighted by molar-refractivity contribution is 5.92. The predicted molar refractivity (Wildman–Crippen MR) is 47.0 cm³/mol. The number of rotatable bonds is 3. The van der Waals surface area contributed by atoms with Crippen LogP contribution in [0.1, 0.15) is 27.7 Å². The van der Waals surface area contributed by atoms with E-state index < -0.39 is 0 Å². The van der Waals surface area contributed by atoms with Crippen LogP contribution in [0.15, 0.2) is 11.8 Å². The van der Waals surface area contributed by atoms with Crippen molar-refractivity contribution in [3.8, 4) is 0 Å². The Kier molecular flexibility index (Phi) is 3.86. The number of carbonyl (C=O) groups excluding carboxylic acids is 1. The van der Waals surface area contributed by atoms with E-state index in [2.05, 4.69) is 0 Å². The van der Waals surface area contributed by atoms with Gasteiger partial charge in [0, 0.05) is 11.6 Å². The van der Waals surface area contributed by atoms with Crippen molar-refractivity contribution < 1.29 is 4.79 Å². The fourth-order valence-electron chi connectivity index (χ4n) is 0.684. The second-order valence-electron chi connectivity index (χ2n) is 3.32. The van der Waals surface area contributed by atoms with E-state index in [1.807, 2.05) is 20.8 Å². The fraction of sp³-hybridized carbons (Fsp3) is 0.667. The van der Waals surface area contributed by atoms with Crippen molar-refractivity contribution in [3.05, 3.63) is 11.8 Å². The number of nitrogens with two attached hydrogens (primary N) is 1. The minimum atomic E-state index is 0.0773. The minimum absolute atomic E-state index is 0.0773. The molecule has 0 aromatic carbocycles. The third kappa shape index (κ3) is 3.81. The molecule has 0 aliphatic heterocycles. The van der Waals surface area contributed by atoms with Gasteiger partial charge in [-0.1, -0.05) is 20.8 Å². The third-order valence-corrected chi connectivity index (χ3v) is 1.82. The Morgan fingerprint density at radius 2 is 1.82 bits per heavy atom. The summed E-state index contributed by atoms with van der Waals surface area (Å²) in [5.74, 6) is 0.589. The molecule has 0 spiro atoms. The average Bonchev–Trinajstić information content (AvgIpc) is 1.84. The van der Waals surface area contributed by atoms with Crippen molar-refractivity contribution in [2.45, 2.75) is 27.7 Å². The molecular formula is C9H17NO. The molecule has 0 aliphatic rings. The van der Waals surface area contributed by atoms with Gasteiger partial charge in [-0.3, -0.25) is 4.79 Å². The molecule has 0 aromatic heterocycles. The van der Waals surface area contributed by atoms with Gasteiger partial charge in [-0.15, -0.1) is 0 Å². The van der Waals surface area contributed by atoms with Gasteiger partial charge in [0.1, 0.15) is 0 Å². The fourth-order valence-corrected chi connectivity index (χ4v) is 0.684. The van der Waals surface area contributed by atoms with Crippen molar-refractivity contribution >= 4 is 5.78 Å². The Labute approximate surface area is 68.5 Å². The lowest BCUT2D eigenvalue weighted by molar-refractivity contribution is -0.118. The van der Waals surface area contributed by atoms with Crippen LogP contribution in [-0.4, -0.2) is 5.78 Å². The Morgan fingerprint density at radius 1 is 1.36 bits per heavy atom. The SMILES string of the molecule is CC(N)=CC(=O)C(C)C(C)C. The predicted octanol–water partition coefficient (Wildman–Crippen LogP) is 1.71. The Morgan fingerprint density at radius 3 is 2.09 bits per heavy atom. The van der Waals surface area contributed by atoms with Crippen LogP contribution < -0.4 is 5.73 Å². The quantitative estimate of drug-likeness (QED) is 0.630. The first-order valence-corrected chi connectivity index (χ1v) is 3.92. The molecule has 0 aromatic rings. The number of hydrogen-bond donors (Lipinski definition) is 1. The summed E-state index contributed by atoms with van der Waals surface area (Å²) in [7, 11) is 0. The van der Waals surface area contributed by atoms with Crippen molar-refractivity contribution in [2.75, 3.05) is 0 Å². The molecule has 0 aliphatic carbocycles. The second kappa shape index (κ2) is 4.16. The van der Waals surface area contributed by atoms with Gasteiger partial charge < -0.3 is 5.73 Å². The summed E-state index contributed by atoms with van der Waals surface area (Å²) in [4.78, 5) is 11.2. The molecule has 0 rings (SSSR count). The van der Waals surface area contributed by atoms with Crippen molar-refractivity contribution in [1.29, 1.82) is 0 Å². The molecule has 64 valence electrons. The summed E-state index contributed by atoms with van der Waals surface area (Å²) in [6, 6.07) is 0. The van der Waals surface area contributed by atoms with Crippen LogP contribution in [0.25, 0.3) is 0 Å². The first-order chi connectivity index (χ1) is 4.95. The maximum absolute atomic E-state index is 11.2. The summed E-state index contributed by atoms with van der Waals surface area (Å²) < 4.78 is 0. The Balaban J connectivity index is 4.15. The normalized spacial score (nSPS) is 15.2. The molecule has 1 atom stereocenters. The van der Waals surface area contributed by atoms with Crippen LogP contribution in [-0.2, 0) is 4.79 Å². The molecule has 0 bridgehead atoms. The molecule has 2 heteroatoms. The summed E-state index contributed by atoms with van der Waals surface area (Å²) in [5.41, 5.74) is 5.96. The van der Waals surface area contributed by atoms with E-state index in [1.54, 1.807) is 6.92 Å². The molecule has 0 saturated carbocycles. The smallest absolute Gasteiger partial charge is 0.160 e. The topological polar surface area (TPSA) is 43.1 Å². The Bertz CT molecular complexity index is 166. The van der Waals surface area contributed by atoms with E-state index in [0.29, 0.717) is 11.6 Å². The highest BCUT2D eigenvalue weighted by atomic mass is 16.1. The van der Waals surface area contributed by atoms with E-state index in [-0.39, 0.29) is 11.7 Å². The molecule has 2 nitrogen and oxygen atoms in total. The molecule has 0 amide bonds. The first-order valence-electron chi connectivity index (χ1n) is 3.92. The summed E-state index contributed by atoms with van der Waals surface area (Å²) in [6.45, 7) is 7.71. The molecule has 0 radical (unpaired) electrons. The maximum Gasteiger partial charge on any atom is 0.160 e. The van der Waals surface area contributed by atoms with Crippen LogP contribution >= 0.6 is 0 Å². The van der Waals surface area contributed by atoms with Crippen LogP contribution in [0.5, 0.6) is 0 Å². The molecule has 2 N–H and O–H groups in total. The number of allylic oxidation sites excluding steroid dienone is 2. The zero-order chi connectivity index (χ0) is 9.02. The third-order valence-electron chi connectivity index (χ3n) is 1.82. The van der Waals surface area contributed by atoms with Gasteiger partial charge in [0.2, 0.25) is 0 Å². The van der Waals surface area contributed by atoms with Gasteiger partial charge >= 0.3 is 0 Å². The van der Waals surface area contributed by atoms with E-state index in [9.17, 15) is 4.79 Å². The number of ketones is 1. The highest BCUT2D eigenvalue weighted by Gasteiger charge is 2.13. The molecule has 0 heterocycles. The van der Waals surface area contributed by atoms with Gasteiger partial charge in [0.25, 0.3) is 0 Å². The largest absolute Gasteiger partial charge is 0.402 e. The van der Waals surface area contributed by atoms with Crippen LogP contribution in [0, 0.1) is 11.8 Å². The van der Waals surface area contributed by atoms with Gasteiger partial charge in [-0.2, -0.15) is 0 Å². The average molecular weight is 155 g/mol. The molecule has 11 heavy (non-hydrogen) atoms. The van der Waals surface area contributed by atoms with E-state index in [0.717, 1.165) is 0 Å². The molecule has 1 unspecified atom stereocenters. The van der Waals surface area contributed by atoms with Gasteiger partial charge in [0.15, 0.2) is 5.78 Å². The Hall–Kier alpha value is -0.790. The van der Waals surface area contributed by atoms with Crippen molar-refractivity contribution in [2.24, 2.45) is 17.6 Å². The van der Waals surface area contributed by atoms with Gasteiger partial charge in [-0.25, -0.2) is 0 Å². The summed E-state index contributed by atoms with van der Waals surface area (Å²) >= 11 is 0. The van der Waals surface area contributed by atoms with E-state index in [1.165, 1.54) is 6.08 Å². The highest BCUT2D eigenvalue weighted by Crippen LogP contribution is 2.11. The lowest BCUT2D eigenvalue weighted by Gasteiger charge is -2.11.